The van der Waals surface area contributed by atoms with Gasteiger partial charge in [-0.1, -0.05) is 15.9 Å². The van der Waals surface area contributed by atoms with Crippen LogP contribution in [0.1, 0.15) is 16.1 Å². The van der Waals surface area contributed by atoms with Crippen molar-refractivity contribution >= 4 is 33.2 Å². The molecule has 1 heterocycles. The normalized spacial score (nSPS) is 10.3. The minimum atomic E-state index is -0.490. The van der Waals surface area contributed by atoms with E-state index >= 15 is 0 Å². The Morgan fingerprint density at radius 1 is 1.42 bits per heavy atom. The quantitative estimate of drug-likeness (QED) is 0.834. The van der Waals surface area contributed by atoms with E-state index in [2.05, 4.69) is 26.2 Å². The second-order valence-corrected chi connectivity index (χ2v) is 4.92. The summed E-state index contributed by atoms with van der Waals surface area (Å²) in [5.41, 5.74) is 7.77. The molecular weight excluding hydrogens is 313 g/mol. The summed E-state index contributed by atoms with van der Waals surface area (Å²) in [5, 5.41) is 2.67. The van der Waals surface area contributed by atoms with Crippen LogP contribution in [0.5, 0.6) is 0 Å². The molecule has 0 fully saturated rings. The van der Waals surface area contributed by atoms with Crippen molar-refractivity contribution < 1.29 is 9.18 Å². The summed E-state index contributed by atoms with van der Waals surface area (Å²) in [6.45, 7) is 1.83. The minimum absolute atomic E-state index is 0.128. The number of carbonyl (C=O) groups excluding carboxylic acids is 1. The van der Waals surface area contributed by atoms with Gasteiger partial charge >= 0.3 is 0 Å². The molecular formula is C13H11BrFN3O. The lowest BCUT2D eigenvalue weighted by Crippen LogP contribution is -2.15. The maximum absolute atomic E-state index is 12.7. The number of nitrogens with two attached hydrogens (primary N) is 1. The van der Waals surface area contributed by atoms with Gasteiger partial charge < -0.3 is 11.1 Å². The predicted octanol–water partition coefficient (Wildman–Crippen LogP) is 3.13. The zero-order valence-electron chi connectivity index (χ0n) is 10.1. The molecule has 0 aliphatic carbocycles. The molecule has 0 aliphatic heterocycles. The molecule has 2 aromatic rings. The molecule has 98 valence electrons. The number of aryl methyl sites for hydroxylation is 1. The van der Waals surface area contributed by atoms with Crippen molar-refractivity contribution in [3.8, 4) is 0 Å². The Labute approximate surface area is 118 Å². The second-order valence-electron chi connectivity index (χ2n) is 4.00. The first-order valence-electron chi connectivity index (χ1n) is 5.46. The number of halogens is 2. The number of anilines is 2. The molecule has 1 aromatic carbocycles. The highest BCUT2D eigenvalue weighted by atomic mass is 79.9. The highest BCUT2D eigenvalue weighted by Crippen LogP contribution is 2.28. The SMILES string of the molecule is Cc1cc(Br)cc(N)c1NC(=O)c1ccc(F)cn1. The van der Waals surface area contributed by atoms with Gasteiger partial charge in [0.1, 0.15) is 11.5 Å². The molecule has 1 amide bonds. The Morgan fingerprint density at radius 3 is 2.74 bits per heavy atom. The Hall–Kier alpha value is -1.95. The van der Waals surface area contributed by atoms with E-state index in [9.17, 15) is 9.18 Å². The fourth-order valence-corrected chi connectivity index (χ4v) is 2.22. The van der Waals surface area contributed by atoms with E-state index in [1.807, 2.05) is 13.0 Å². The summed E-state index contributed by atoms with van der Waals surface area (Å²) >= 11 is 3.32. The molecule has 0 unspecified atom stereocenters. The van der Waals surface area contributed by atoms with E-state index in [1.165, 1.54) is 12.1 Å². The van der Waals surface area contributed by atoms with Crippen molar-refractivity contribution in [2.24, 2.45) is 0 Å². The number of benzene rings is 1. The van der Waals surface area contributed by atoms with Gasteiger partial charge in [-0.3, -0.25) is 4.79 Å². The number of carbonyl (C=O) groups is 1. The first-order valence-corrected chi connectivity index (χ1v) is 6.25. The third kappa shape index (κ3) is 3.08. The number of nitrogens with one attached hydrogen (secondary N) is 1. The van der Waals surface area contributed by atoms with Gasteiger partial charge in [0.25, 0.3) is 5.91 Å². The van der Waals surface area contributed by atoms with Crippen LogP contribution in [0.15, 0.2) is 34.9 Å². The lowest BCUT2D eigenvalue weighted by Gasteiger charge is -2.11. The molecule has 0 radical (unpaired) electrons. The molecule has 0 bridgehead atoms. The average molecular weight is 324 g/mol. The molecule has 0 aliphatic rings. The Bertz CT molecular complexity index is 605. The summed E-state index contributed by atoms with van der Waals surface area (Å²) in [4.78, 5) is 15.7. The largest absolute Gasteiger partial charge is 0.397 e. The number of nitrogen functional groups attached to an aromatic ring is 1. The van der Waals surface area contributed by atoms with Crippen LogP contribution in [0.3, 0.4) is 0 Å². The molecule has 2 rings (SSSR count). The molecule has 4 nitrogen and oxygen atoms in total. The van der Waals surface area contributed by atoms with Crippen LogP contribution in [0, 0.1) is 12.7 Å². The van der Waals surface area contributed by atoms with Crippen LogP contribution in [0.25, 0.3) is 0 Å². The Morgan fingerprint density at radius 2 is 2.16 bits per heavy atom. The van der Waals surface area contributed by atoms with Crippen LogP contribution in [0.2, 0.25) is 0 Å². The zero-order valence-corrected chi connectivity index (χ0v) is 11.7. The third-order valence-electron chi connectivity index (χ3n) is 2.53. The molecule has 0 saturated carbocycles. The van der Waals surface area contributed by atoms with Crippen LogP contribution < -0.4 is 11.1 Å². The number of hydrogen-bond donors (Lipinski definition) is 2. The number of hydrogen-bond acceptors (Lipinski definition) is 3. The smallest absolute Gasteiger partial charge is 0.274 e. The first kappa shape index (κ1) is 13.5. The van der Waals surface area contributed by atoms with Gasteiger partial charge in [-0.15, -0.1) is 0 Å². The molecule has 3 N–H and O–H groups in total. The highest BCUT2D eigenvalue weighted by Gasteiger charge is 2.12. The van der Waals surface area contributed by atoms with E-state index in [0.29, 0.717) is 11.4 Å². The maximum atomic E-state index is 12.7. The van der Waals surface area contributed by atoms with E-state index in [-0.39, 0.29) is 5.69 Å². The first-order chi connectivity index (χ1) is 8.97. The second kappa shape index (κ2) is 5.36. The van der Waals surface area contributed by atoms with Crippen molar-refractivity contribution in [1.29, 1.82) is 0 Å². The van der Waals surface area contributed by atoms with Gasteiger partial charge in [-0.2, -0.15) is 0 Å². The fraction of sp³-hybridized carbons (Fsp3) is 0.0769. The van der Waals surface area contributed by atoms with Gasteiger partial charge in [0.15, 0.2) is 0 Å². The monoisotopic (exact) mass is 323 g/mol. The number of amides is 1. The van der Waals surface area contributed by atoms with Gasteiger partial charge in [-0.25, -0.2) is 9.37 Å². The molecule has 0 saturated heterocycles. The number of pyridine rings is 1. The lowest BCUT2D eigenvalue weighted by atomic mass is 10.1. The van der Waals surface area contributed by atoms with E-state index < -0.39 is 11.7 Å². The summed E-state index contributed by atoms with van der Waals surface area (Å²) < 4.78 is 13.6. The van der Waals surface area contributed by atoms with Crippen molar-refractivity contribution in [3.63, 3.8) is 0 Å². The molecule has 6 heteroatoms. The van der Waals surface area contributed by atoms with Crippen LogP contribution in [-0.2, 0) is 0 Å². The topological polar surface area (TPSA) is 68.0 Å². The number of aromatic nitrogens is 1. The molecule has 0 spiro atoms. The Balaban J connectivity index is 2.26. The average Bonchev–Trinajstić information content (AvgIpc) is 2.34. The van der Waals surface area contributed by atoms with Crippen molar-refractivity contribution in [2.45, 2.75) is 6.92 Å². The van der Waals surface area contributed by atoms with E-state index in [1.54, 1.807) is 6.07 Å². The van der Waals surface area contributed by atoms with E-state index in [0.717, 1.165) is 16.2 Å². The standard InChI is InChI=1S/C13H11BrFN3O/c1-7-4-8(14)5-10(16)12(7)18-13(19)11-3-2-9(15)6-17-11/h2-6H,16H2,1H3,(H,18,19). The van der Waals surface area contributed by atoms with E-state index in [4.69, 9.17) is 5.73 Å². The van der Waals surface area contributed by atoms with Crippen molar-refractivity contribution in [3.05, 3.63) is 52.0 Å². The zero-order chi connectivity index (χ0) is 14.0. The number of rotatable bonds is 2. The molecule has 1 aromatic heterocycles. The van der Waals surface area contributed by atoms with Gasteiger partial charge in [-0.05, 0) is 36.8 Å². The predicted molar refractivity (Wildman–Crippen MR) is 75.4 cm³/mol. The summed E-state index contributed by atoms with van der Waals surface area (Å²) in [5.74, 6) is -0.923. The van der Waals surface area contributed by atoms with Gasteiger partial charge in [0, 0.05) is 4.47 Å². The van der Waals surface area contributed by atoms with Crippen LogP contribution in [0.4, 0.5) is 15.8 Å². The molecule has 0 atom stereocenters. The Kier molecular flexibility index (Phi) is 3.80. The summed E-state index contributed by atoms with van der Waals surface area (Å²) in [7, 11) is 0. The maximum Gasteiger partial charge on any atom is 0.274 e. The minimum Gasteiger partial charge on any atom is -0.397 e. The lowest BCUT2D eigenvalue weighted by molar-refractivity contribution is 0.102. The van der Waals surface area contributed by atoms with Gasteiger partial charge in [0.05, 0.1) is 17.6 Å². The number of nitrogens with zero attached hydrogens (tertiary/aromatic N) is 1. The summed E-state index contributed by atoms with van der Waals surface area (Å²) in [6, 6.07) is 6.03. The van der Waals surface area contributed by atoms with Crippen molar-refractivity contribution in [1.82, 2.24) is 4.98 Å². The van der Waals surface area contributed by atoms with Crippen molar-refractivity contribution in [2.75, 3.05) is 11.1 Å². The van der Waals surface area contributed by atoms with Crippen LogP contribution >= 0.6 is 15.9 Å². The summed E-state index contributed by atoms with van der Waals surface area (Å²) in [6.07, 6.45) is 0.993. The highest BCUT2D eigenvalue weighted by molar-refractivity contribution is 9.10. The van der Waals surface area contributed by atoms with Gasteiger partial charge in [0.2, 0.25) is 0 Å². The fourth-order valence-electron chi connectivity index (χ4n) is 1.63. The van der Waals surface area contributed by atoms with Crippen LogP contribution in [-0.4, -0.2) is 10.9 Å². The molecule has 19 heavy (non-hydrogen) atoms. The third-order valence-corrected chi connectivity index (χ3v) is 2.99.